The molecule has 5 aliphatic rings. The molecule has 1 spiro atoms. The van der Waals surface area contributed by atoms with Gasteiger partial charge in [0, 0.05) is 50.0 Å². The second-order valence-electron chi connectivity index (χ2n) is 13.6. The molecule has 3 saturated heterocycles. The molecule has 5 fully saturated rings. The average Bonchev–Trinajstić information content (AvgIpc) is 3.70. The van der Waals surface area contributed by atoms with Gasteiger partial charge in [0.25, 0.3) is 5.91 Å². The van der Waals surface area contributed by atoms with Crippen LogP contribution in [0.4, 0.5) is 13.6 Å². The third-order valence-electron chi connectivity index (χ3n) is 10.4. The van der Waals surface area contributed by atoms with Gasteiger partial charge in [-0.05, 0) is 83.1 Å². The number of amides is 4. The Morgan fingerprint density at radius 2 is 1.60 bits per heavy atom. The lowest BCUT2D eigenvalue weighted by Crippen LogP contribution is -2.60. The molecule has 7 nitrogen and oxygen atoms in total. The van der Waals surface area contributed by atoms with Gasteiger partial charge in [-0.15, -0.1) is 12.4 Å². The van der Waals surface area contributed by atoms with Gasteiger partial charge in [0.1, 0.15) is 5.54 Å². The number of piperidine rings is 1. The Labute approximate surface area is 254 Å². The number of fused-ring (bicyclic) bond motifs is 2. The third kappa shape index (κ3) is 5.92. The molecule has 0 aromatic heterocycles. The molecular weight excluding hydrogens is 562 g/mol. The van der Waals surface area contributed by atoms with Crippen LogP contribution in [0.15, 0.2) is 30.3 Å². The maximum atomic E-state index is 13.9. The van der Waals surface area contributed by atoms with Crippen molar-refractivity contribution in [1.82, 2.24) is 20.0 Å². The highest BCUT2D eigenvalue weighted by atomic mass is 35.5. The summed E-state index contributed by atoms with van der Waals surface area (Å²) in [6.07, 6.45) is 6.29. The Bertz CT molecular complexity index is 1140. The number of carbonyl (C=O) groups excluding carboxylic acids is 3. The van der Waals surface area contributed by atoms with Gasteiger partial charge >= 0.3 is 6.03 Å². The van der Waals surface area contributed by atoms with Crippen LogP contribution in [0.3, 0.4) is 0 Å². The van der Waals surface area contributed by atoms with Crippen LogP contribution in [0.5, 0.6) is 0 Å². The smallest absolute Gasteiger partial charge is 0.327 e. The third-order valence-corrected chi connectivity index (χ3v) is 10.4. The number of alkyl halides is 2. The van der Waals surface area contributed by atoms with Gasteiger partial charge in [-0.1, -0.05) is 30.3 Å². The van der Waals surface area contributed by atoms with Gasteiger partial charge in [0.15, 0.2) is 0 Å². The van der Waals surface area contributed by atoms with E-state index in [1.807, 2.05) is 49.1 Å². The number of halogens is 3. The number of hydrogen-bond acceptors (Lipinski definition) is 4. The van der Waals surface area contributed by atoms with Gasteiger partial charge < -0.3 is 10.2 Å². The van der Waals surface area contributed by atoms with Gasteiger partial charge in [-0.2, -0.15) is 0 Å². The molecule has 232 valence electrons. The summed E-state index contributed by atoms with van der Waals surface area (Å²) in [5.74, 6) is -2.67. The molecule has 1 aromatic carbocycles. The first-order valence-corrected chi connectivity index (χ1v) is 15.7. The van der Waals surface area contributed by atoms with E-state index >= 15 is 0 Å². The monoisotopic (exact) mass is 606 g/mol. The predicted octanol–water partition coefficient (Wildman–Crippen LogP) is 5.93. The summed E-state index contributed by atoms with van der Waals surface area (Å²) in [7, 11) is 0. The molecule has 3 heterocycles. The zero-order chi connectivity index (χ0) is 28.9. The summed E-state index contributed by atoms with van der Waals surface area (Å²) in [4.78, 5) is 46.5. The minimum atomic E-state index is -2.66. The van der Waals surface area contributed by atoms with Crippen LogP contribution in [0.1, 0.15) is 96.1 Å². The van der Waals surface area contributed by atoms with E-state index in [0.29, 0.717) is 31.7 Å². The van der Waals surface area contributed by atoms with E-state index in [4.69, 9.17) is 0 Å². The molecule has 0 radical (unpaired) electrons. The largest absolute Gasteiger partial charge is 0.349 e. The molecule has 2 bridgehead atoms. The van der Waals surface area contributed by atoms with E-state index in [1.54, 1.807) is 0 Å². The lowest BCUT2D eigenvalue weighted by molar-refractivity contribution is -0.138. The molecule has 2 saturated carbocycles. The predicted molar refractivity (Wildman–Crippen MR) is 158 cm³/mol. The normalized spacial score (nSPS) is 30.2. The number of hydrogen-bond donors (Lipinski definition) is 1. The number of nitrogens with zero attached hydrogens (tertiary/aromatic N) is 3. The fourth-order valence-electron chi connectivity index (χ4n) is 7.96. The van der Waals surface area contributed by atoms with Gasteiger partial charge in [0.2, 0.25) is 11.8 Å². The van der Waals surface area contributed by atoms with Crippen LogP contribution < -0.4 is 5.32 Å². The molecule has 1 aromatic rings. The van der Waals surface area contributed by atoms with Crippen LogP contribution in [0, 0.1) is 11.8 Å². The first-order valence-electron chi connectivity index (χ1n) is 15.7. The summed E-state index contributed by atoms with van der Waals surface area (Å²) < 4.78 is 27.4. The fourth-order valence-corrected chi connectivity index (χ4v) is 7.96. The van der Waals surface area contributed by atoms with Crippen molar-refractivity contribution in [2.24, 2.45) is 11.8 Å². The van der Waals surface area contributed by atoms with E-state index in [2.05, 4.69) is 10.2 Å². The molecule has 10 heteroatoms. The van der Waals surface area contributed by atoms with Crippen molar-refractivity contribution < 1.29 is 23.2 Å². The summed E-state index contributed by atoms with van der Waals surface area (Å²) in [5.41, 5.74) is 0.283. The Morgan fingerprint density at radius 1 is 0.976 bits per heavy atom. The topological polar surface area (TPSA) is 73.0 Å². The molecule has 1 N–H and O–H groups in total. The summed E-state index contributed by atoms with van der Waals surface area (Å²) in [6.45, 7) is 5.30. The van der Waals surface area contributed by atoms with Crippen LogP contribution in [0.25, 0.3) is 0 Å². The number of carbonyl (C=O) groups is 3. The van der Waals surface area contributed by atoms with Gasteiger partial charge in [-0.3, -0.25) is 19.4 Å². The lowest BCUT2D eigenvalue weighted by Gasteiger charge is -2.47. The Hall–Kier alpha value is -2.26. The van der Waals surface area contributed by atoms with Crippen LogP contribution in [-0.4, -0.2) is 75.2 Å². The molecule has 3 atom stereocenters. The summed E-state index contributed by atoms with van der Waals surface area (Å²) in [5, 5.41) is 3.21. The van der Waals surface area contributed by atoms with Crippen LogP contribution in [-0.2, 0) is 9.59 Å². The first kappa shape index (κ1) is 31.2. The number of imide groups is 1. The Kier molecular flexibility index (Phi) is 8.93. The van der Waals surface area contributed by atoms with Crippen molar-refractivity contribution in [3.8, 4) is 0 Å². The van der Waals surface area contributed by atoms with E-state index in [1.165, 1.54) is 4.90 Å². The highest BCUT2D eigenvalue weighted by Gasteiger charge is 2.63. The standard InChI is InChI=1S/C32H44F2N4O3.ClH/c1-21(2)38-29(40)31(37(30(38)41)20-22-8-9-22)18-25-10-11-26(19-31)36(25)17-14-27(23-6-4-3-5-7-23)35-28(39)24-12-15-32(33,34)16-13-24;/h3-7,21-22,24-27H,8-20H2,1-2H3,(H,35,39);1H/t25?,26?,27-,31?;/m0./s1. The van der Waals surface area contributed by atoms with E-state index in [0.717, 1.165) is 37.8 Å². The summed E-state index contributed by atoms with van der Waals surface area (Å²) >= 11 is 0. The molecule has 42 heavy (non-hydrogen) atoms. The second-order valence-corrected chi connectivity index (χ2v) is 13.6. The van der Waals surface area contributed by atoms with Crippen molar-refractivity contribution in [2.45, 2.75) is 120 Å². The Morgan fingerprint density at radius 3 is 2.17 bits per heavy atom. The van der Waals surface area contributed by atoms with Gasteiger partial charge in [-0.25, -0.2) is 13.6 Å². The number of benzene rings is 1. The zero-order valence-corrected chi connectivity index (χ0v) is 25.6. The highest BCUT2D eigenvalue weighted by molar-refractivity contribution is 6.07. The number of nitrogens with one attached hydrogen (secondary N) is 1. The zero-order valence-electron chi connectivity index (χ0n) is 24.8. The quantitative estimate of drug-likeness (QED) is 0.354. The Balaban J connectivity index is 0.00000353. The maximum Gasteiger partial charge on any atom is 0.327 e. The van der Waals surface area contributed by atoms with Crippen molar-refractivity contribution in [3.05, 3.63) is 35.9 Å². The SMILES string of the molecule is CC(C)N1C(=O)N(CC2CC2)C2(CC3CCC(C2)N3CC[C@H](NC(=O)C2CCC(F)(F)CC2)c2ccccc2)C1=O.Cl. The van der Waals surface area contributed by atoms with E-state index in [-0.39, 0.29) is 86.0 Å². The van der Waals surface area contributed by atoms with Crippen molar-refractivity contribution in [3.63, 3.8) is 0 Å². The molecule has 4 amide bonds. The minimum Gasteiger partial charge on any atom is -0.349 e. The minimum absolute atomic E-state index is 0. The van der Waals surface area contributed by atoms with Crippen molar-refractivity contribution in [1.29, 1.82) is 0 Å². The van der Waals surface area contributed by atoms with Crippen molar-refractivity contribution in [2.75, 3.05) is 13.1 Å². The molecule has 2 aliphatic carbocycles. The molecule has 3 aliphatic heterocycles. The molecular formula is C32H45ClF2N4O3. The van der Waals surface area contributed by atoms with Crippen molar-refractivity contribution >= 4 is 30.3 Å². The van der Waals surface area contributed by atoms with Crippen LogP contribution in [0.2, 0.25) is 0 Å². The fraction of sp³-hybridized carbons (Fsp3) is 0.719. The average molecular weight is 607 g/mol. The summed E-state index contributed by atoms with van der Waals surface area (Å²) in [6, 6.07) is 9.84. The maximum absolute atomic E-state index is 13.9. The number of rotatable bonds is 9. The first-order chi connectivity index (χ1) is 19.6. The lowest BCUT2D eigenvalue weighted by atomic mass is 9.80. The van der Waals surface area contributed by atoms with E-state index in [9.17, 15) is 23.2 Å². The van der Waals surface area contributed by atoms with Gasteiger partial charge in [0.05, 0.1) is 6.04 Å². The molecule has 2 unspecified atom stereocenters. The second kappa shape index (κ2) is 12.0. The molecule has 6 rings (SSSR count). The van der Waals surface area contributed by atoms with E-state index < -0.39 is 11.5 Å². The van der Waals surface area contributed by atoms with Crippen LogP contribution >= 0.6 is 12.4 Å². The highest BCUT2D eigenvalue weighted by Crippen LogP contribution is 2.49. The number of urea groups is 1.